The lowest BCUT2D eigenvalue weighted by atomic mass is 9.85. The summed E-state index contributed by atoms with van der Waals surface area (Å²) in [6.45, 7) is 2.62. The number of hydrogen-bond donors (Lipinski definition) is 1. The molecule has 1 aromatic rings. The van der Waals surface area contributed by atoms with Gasteiger partial charge in [-0.25, -0.2) is 0 Å². The van der Waals surface area contributed by atoms with Crippen LogP contribution in [0.4, 0.5) is 13.2 Å². The first-order valence-electron chi connectivity index (χ1n) is 6.86. The largest absolute Gasteiger partial charge is 0.465 e. The average molecular weight is 275 g/mol. The van der Waals surface area contributed by atoms with Crippen molar-refractivity contribution >= 4 is 0 Å². The normalized spacial score (nSPS) is 24.6. The Morgan fingerprint density at radius 3 is 2.32 bits per heavy atom. The topological polar surface area (TPSA) is 25.2 Å². The fourth-order valence-electron chi connectivity index (χ4n) is 2.58. The highest BCUT2D eigenvalue weighted by Crippen LogP contribution is 2.37. The third kappa shape index (κ3) is 4.00. The van der Waals surface area contributed by atoms with E-state index >= 15 is 0 Å². The van der Waals surface area contributed by atoms with Gasteiger partial charge in [-0.1, -0.05) is 6.92 Å². The third-order valence-corrected chi connectivity index (χ3v) is 3.82. The molecule has 0 bridgehead atoms. The molecule has 0 unspecified atom stereocenters. The maximum atomic E-state index is 12.5. The van der Waals surface area contributed by atoms with Gasteiger partial charge in [0.25, 0.3) is 0 Å². The van der Waals surface area contributed by atoms with Gasteiger partial charge < -0.3 is 9.73 Å². The van der Waals surface area contributed by atoms with Crippen molar-refractivity contribution in [3.8, 4) is 0 Å². The van der Waals surface area contributed by atoms with E-state index in [0.29, 0.717) is 19.4 Å². The Morgan fingerprint density at radius 1 is 1.16 bits per heavy atom. The van der Waals surface area contributed by atoms with Crippen LogP contribution in [-0.4, -0.2) is 12.2 Å². The molecule has 1 saturated carbocycles. The van der Waals surface area contributed by atoms with Crippen LogP contribution in [0.2, 0.25) is 0 Å². The molecule has 1 aliphatic rings. The lowest BCUT2D eigenvalue weighted by Crippen LogP contribution is -2.36. The molecule has 0 saturated heterocycles. The Bertz CT molecular complexity index is 392. The summed E-state index contributed by atoms with van der Waals surface area (Å²) in [4.78, 5) is 0. The predicted octanol–water partition coefficient (Wildman–Crippen LogP) is 4.05. The van der Waals surface area contributed by atoms with E-state index in [4.69, 9.17) is 4.42 Å². The van der Waals surface area contributed by atoms with Gasteiger partial charge in [0.15, 0.2) is 0 Å². The van der Waals surface area contributed by atoms with Gasteiger partial charge in [-0.15, -0.1) is 0 Å². The Kier molecular flexibility index (Phi) is 4.55. The Hall–Kier alpha value is -0.970. The summed E-state index contributed by atoms with van der Waals surface area (Å²) in [7, 11) is 0. The van der Waals surface area contributed by atoms with Gasteiger partial charge in [0, 0.05) is 12.5 Å². The molecule has 1 aliphatic carbocycles. The van der Waals surface area contributed by atoms with Crippen LogP contribution in [0, 0.1) is 5.92 Å². The molecule has 0 atom stereocenters. The summed E-state index contributed by atoms with van der Waals surface area (Å²) in [6, 6.07) is 4.04. The van der Waals surface area contributed by atoms with Gasteiger partial charge in [0.2, 0.25) is 0 Å². The SMILES string of the molecule is CCc1ccc(CNC2CCC(C(F)(F)F)CC2)o1. The Balaban J connectivity index is 1.74. The van der Waals surface area contributed by atoms with Crippen molar-refractivity contribution in [2.75, 3.05) is 0 Å². The van der Waals surface area contributed by atoms with Crippen molar-refractivity contribution < 1.29 is 17.6 Å². The summed E-state index contributed by atoms with van der Waals surface area (Å²) in [5, 5.41) is 3.29. The molecule has 1 fully saturated rings. The van der Waals surface area contributed by atoms with Gasteiger partial charge >= 0.3 is 6.18 Å². The van der Waals surface area contributed by atoms with Crippen LogP contribution in [0.3, 0.4) is 0 Å². The summed E-state index contributed by atoms with van der Waals surface area (Å²) in [6.07, 6.45) is -1.52. The lowest BCUT2D eigenvalue weighted by molar-refractivity contribution is -0.182. The zero-order valence-electron chi connectivity index (χ0n) is 11.1. The third-order valence-electron chi connectivity index (χ3n) is 3.82. The molecule has 1 N–H and O–H groups in total. The molecule has 108 valence electrons. The van der Waals surface area contributed by atoms with Crippen molar-refractivity contribution in [1.29, 1.82) is 0 Å². The zero-order valence-corrected chi connectivity index (χ0v) is 11.1. The summed E-state index contributed by atoms with van der Waals surface area (Å²) >= 11 is 0. The van der Waals surface area contributed by atoms with E-state index in [1.165, 1.54) is 0 Å². The first-order valence-corrected chi connectivity index (χ1v) is 6.86. The molecule has 0 spiro atoms. The number of hydrogen-bond acceptors (Lipinski definition) is 2. The first-order chi connectivity index (χ1) is 8.99. The van der Waals surface area contributed by atoms with Crippen molar-refractivity contribution in [1.82, 2.24) is 5.32 Å². The van der Waals surface area contributed by atoms with Crippen LogP contribution in [-0.2, 0) is 13.0 Å². The fourth-order valence-corrected chi connectivity index (χ4v) is 2.58. The molecule has 2 nitrogen and oxygen atoms in total. The molecule has 0 aromatic carbocycles. The highest BCUT2D eigenvalue weighted by Gasteiger charge is 2.41. The van der Waals surface area contributed by atoms with Gasteiger partial charge in [0.1, 0.15) is 11.5 Å². The monoisotopic (exact) mass is 275 g/mol. The molecule has 1 aromatic heterocycles. The van der Waals surface area contributed by atoms with Gasteiger partial charge in [-0.2, -0.15) is 13.2 Å². The van der Waals surface area contributed by atoms with Gasteiger partial charge in [-0.3, -0.25) is 0 Å². The number of alkyl halides is 3. The van der Waals surface area contributed by atoms with Crippen LogP contribution in [0.5, 0.6) is 0 Å². The summed E-state index contributed by atoms with van der Waals surface area (Å²) < 4.78 is 43.1. The predicted molar refractivity (Wildman–Crippen MR) is 66.7 cm³/mol. The molecule has 0 aliphatic heterocycles. The van der Waals surface area contributed by atoms with Gasteiger partial charge in [-0.05, 0) is 37.8 Å². The molecule has 1 heterocycles. The van der Waals surface area contributed by atoms with E-state index in [1.54, 1.807) is 0 Å². The van der Waals surface area contributed by atoms with Crippen LogP contribution < -0.4 is 5.32 Å². The fraction of sp³-hybridized carbons (Fsp3) is 0.714. The van der Waals surface area contributed by atoms with Crippen LogP contribution >= 0.6 is 0 Å². The van der Waals surface area contributed by atoms with E-state index in [1.807, 2.05) is 19.1 Å². The molecule has 19 heavy (non-hydrogen) atoms. The van der Waals surface area contributed by atoms with Crippen molar-refractivity contribution in [3.63, 3.8) is 0 Å². The first kappa shape index (κ1) is 14.4. The standard InChI is InChI=1S/C14H20F3NO/c1-2-12-7-8-13(19-12)9-18-11-5-3-10(4-6-11)14(15,16)17/h7-8,10-11,18H,2-6,9H2,1H3. The second-order valence-electron chi connectivity index (χ2n) is 5.19. The van der Waals surface area contributed by atoms with E-state index in [0.717, 1.165) is 17.9 Å². The summed E-state index contributed by atoms with van der Waals surface area (Å²) in [5.41, 5.74) is 0. The van der Waals surface area contributed by atoms with E-state index in [9.17, 15) is 13.2 Å². The molecule has 5 heteroatoms. The molecule has 0 amide bonds. The van der Waals surface area contributed by atoms with E-state index < -0.39 is 12.1 Å². The van der Waals surface area contributed by atoms with Gasteiger partial charge in [0.05, 0.1) is 12.5 Å². The second-order valence-corrected chi connectivity index (χ2v) is 5.19. The van der Waals surface area contributed by atoms with Crippen molar-refractivity contribution in [2.24, 2.45) is 5.92 Å². The molecular formula is C14H20F3NO. The highest BCUT2D eigenvalue weighted by atomic mass is 19.4. The number of aryl methyl sites for hydroxylation is 1. The van der Waals surface area contributed by atoms with Crippen LogP contribution in [0.15, 0.2) is 16.5 Å². The minimum Gasteiger partial charge on any atom is -0.465 e. The Labute approximate surface area is 111 Å². The lowest BCUT2D eigenvalue weighted by Gasteiger charge is -2.30. The molecular weight excluding hydrogens is 255 g/mol. The number of furan rings is 1. The minimum absolute atomic E-state index is 0.175. The maximum absolute atomic E-state index is 12.5. The molecule has 0 radical (unpaired) electrons. The second kappa shape index (κ2) is 5.99. The van der Waals surface area contributed by atoms with Crippen LogP contribution in [0.25, 0.3) is 0 Å². The van der Waals surface area contributed by atoms with Crippen molar-refractivity contribution in [2.45, 2.75) is 57.8 Å². The minimum atomic E-state index is -4.03. The highest BCUT2D eigenvalue weighted by molar-refractivity contribution is 5.06. The number of nitrogens with one attached hydrogen (secondary N) is 1. The summed E-state index contributed by atoms with van der Waals surface area (Å²) in [5.74, 6) is 0.688. The van der Waals surface area contributed by atoms with Crippen molar-refractivity contribution in [3.05, 3.63) is 23.7 Å². The maximum Gasteiger partial charge on any atom is 0.391 e. The quantitative estimate of drug-likeness (QED) is 0.896. The zero-order chi connectivity index (χ0) is 13.9. The van der Waals surface area contributed by atoms with Crippen LogP contribution in [0.1, 0.15) is 44.1 Å². The number of halogens is 3. The number of rotatable bonds is 4. The van der Waals surface area contributed by atoms with E-state index in [-0.39, 0.29) is 18.9 Å². The Morgan fingerprint density at radius 2 is 1.79 bits per heavy atom. The van der Waals surface area contributed by atoms with E-state index in [2.05, 4.69) is 5.32 Å². The average Bonchev–Trinajstić information content (AvgIpc) is 2.84. The molecule has 2 rings (SSSR count). The smallest absolute Gasteiger partial charge is 0.391 e.